The summed E-state index contributed by atoms with van der Waals surface area (Å²) in [5, 5.41) is 9.54. The molecule has 0 unspecified atom stereocenters. The maximum absolute atomic E-state index is 13.3. The van der Waals surface area contributed by atoms with Gasteiger partial charge in [0.2, 0.25) is 5.91 Å². The number of carbonyl (C=O) groups is 1. The van der Waals surface area contributed by atoms with E-state index in [0.717, 1.165) is 31.6 Å². The molecule has 1 aromatic carbocycles. The van der Waals surface area contributed by atoms with Crippen LogP contribution in [0.5, 0.6) is 0 Å². The third-order valence-corrected chi connectivity index (χ3v) is 3.78. The van der Waals surface area contributed by atoms with E-state index in [0.29, 0.717) is 17.1 Å². The number of halogens is 5. The smallest absolute Gasteiger partial charge is 0.359 e. The number of nitrogens with zero attached hydrogens (tertiary/aromatic N) is 3. The molecule has 1 fully saturated rings. The van der Waals surface area contributed by atoms with E-state index in [4.69, 9.17) is 5.11 Å². The van der Waals surface area contributed by atoms with E-state index in [2.05, 4.69) is 15.3 Å². The molecular formula is C17H17F5N4O2. The zero-order chi connectivity index (χ0) is 20.9. The lowest BCUT2D eigenvalue weighted by molar-refractivity contribution is -0.295. The van der Waals surface area contributed by atoms with Crippen molar-refractivity contribution in [2.45, 2.75) is 25.7 Å². The Labute approximate surface area is 157 Å². The summed E-state index contributed by atoms with van der Waals surface area (Å²) in [5.41, 5.74) is 0.890. The van der Waals surface area contributed by atoms with Gasteiger partial charge in [0.25, 0.3) is 0 Å². The first-order valence-electron chi connectivity index (χ1n) is 8.16. The van der Waals surface area contributed by atoms with E-state index < -0.39 is 24.0 Å². The minimum Gasteiger partial charge on any atom is -0.359 e. The van der Waals surface area contributed by atoms with Crippen LogP contribution in [0.25, 0.3) is 11.3 Å². The molecule has 3 rings (SSSR count). The first-order chi connectivity index (χ1) is 13.0. The lowest BCUT2D eigenvalue weighted by Crippen LogP contribution is -2.48. The summed E-state index contributed by atoms with van der Waals surface area (Å²) in [4.78, 5) is 22.0. The van der Waals surface area contributed by atoms with Crippen LogP contribution >= 0.6 is 0 Å². The molecule has 1 aliphatic heterocycles. The molecule has 0 aliphatic carbocycles. The fraction of sp³-hybridized carbons (Fsp3) is 0.353. The van der Waals surface area contributed by atoms with Crippen LogP contribution in [0.1, 0.15) is 13.3 Å². The molecule has 152 valence electrons. The van der Waals surface area contributed by atoms with Crippen LogP contribution in [0.15, 0.2) is 30.6 Å². The van der Waals surface area contributed by atoms with Crippen LogP contribution in [-0.4, -0.2) is 51.4 Å². The highest BCUT2D eigenvalue weighted by molar-refractivity contribution is 5.84. The molecule has 6 nitrogen and oxygen atoms in total. The zero-order valence-electron chi connectivity index (χ0n) is 14.7. The summed E-state index contributed by atoms with van der Waals surface area (Å²) >= 11 is 0. The van der Waals surface area contributed by atoms with Gasteiger partial charge in [-0.3, -0.25) is 4.79 Å². The Hall–Kier alpha value is -2.82. The highest BCUT2D eigenvalue weighted by Gasteiger charge is 2.25. The van der Waals surface area contributed by atoms with Gasteiger partial charge in [-0.25, -0.2) is 18.7 Å². The van der Waals surface area contributed by atoms with E-state index in [-0.39, 0.29) is 5.91 Å². The van der Waals surface area contributed by atoms with Crippen molar-refractivity contribution in [3.63, 3.8) is 0 Å². The van der Waals surface area contributed by atoms with Gasteiger partial charge in [-0.1, -0.05) is 0 Å². The zero-order valence-corrected chi connectivity index (χ0v) is 14.7. The number of nitrogens with one attached hydrogen (secondary N) is 1. The second kappa shape index (κ2) is 8.91. The first-order valence-corrected chi connectivity index (χ1v) is 8.16. The van der Waals surface area contributed by atoms with E-state index in [1.165, 1.54) is 12.4 Å². The van der Waals surface area contributed by atoms with Crippen LogP contribution < -0.4 is 5.32 Å². The second-order valence-electron chi connectivity index (χ2n) is 5.93. The number of benzene rings is 1. The van der Waals surface area contributed by atoms with E-state index in [1.54, 1.807) is 17.9 Å². The van der Waals surface area contributed by atoms with Crippen LogP contribution in [0, 0.1) is 11.6 Å². The van der Waals surface area contributed by atoms with Crippen molar-refractivity contribution >= 4 is 11.7 Å². The predicted octanol–water partition coefficient (Wildman–Crippen LogP) is 2.95. The first kappa shape index (κ1) is 21.5. The number of aliphatic hydroxyl groups is 1. The lowest BCUT2D eigenvalue weighted by Gasteiger charge is -2.33. The molecule has 1 saturated heterocycles. The van der Waals surface area contributed by atoms with Gasteiger partial charge in [-0.05, 0) is 31.5 Å². The number of amides is 1. The van der Waals surface area contributed by atoms with Crippen molar-refractivity contribution in [3.05, 3.63) is 42.2 Å². The highest BCUT2D eigenvalue weighted by Crippen LogP contribution is 2.21. The fourth-order valence-corrected chi connectivity index (χ4v) is 2.34. The van der Waals surface area contributed by atoms with Crippen molar-refractivity contribution in [2.75, 3.05) is 18.4 Å². The fourth-order valence-electron chi connectivity index (χ4n) is 2.34. The Morgan fingerprint density at radius 1 is 1.18 bits per heavy atom. The van der Waals surface area contributed by atoms with Crippen LogP contribution in [-0.2, 0) is 4.79 Å². The van der Waals surface area contributed by atoms with Crippen LogP contribution in [0.3, 0.4) is 0 Å². The standard InChI is InChI=1S/C16H16F2N4O.CHF3O/c1-10(16(23)22-5-2-6-22)21-15-8-14(19-9-20-15)11-3-4-12(17)13(18)7-11;2-1(3,4)5/h3-4,7-10H,2,5-6H2,1H3,(H,19,20,21);5H/t10-;/m1./s1. The van der Waals surface area contributed by atoms with Gasteiger partial charge in [-0.15, -0.1) is 13.2 Å². The molecule has 2 heterocycles. The summed E-state index contributed by atoms with van der Waals surface area (Å²) in [6, 6.07) is 4.76. The number of hydrogen-bond acceptors (Lipinski definition) is 5. The quantitative estimate of drug-likeness (QED) is 0.767. The Kier molecular flexibility index (Phi) is 6.84. The Balaban J connectivity index is 0.000000500. The summed E-state index contributed by atoms with van der Waals surface area (Å²) in [5.74, 6) is -1.36. The van der Waals surface area contributed by atoms with Gasteiger partial charge >= 0.3 is 6.36 Å². The lowest BCUT2D eigenvalue weighted by atomic mass is 10.1. The minimum atomic E-state index is -5.00. The Bertz CT molecular complexity index is 821. The summed E-state index contributed by atoms with van der Waals surface area (Å²) < 4.78 is 56.1. The Morgan fingerprint density at radius 3 is 2.36 bits per heavy atom. The van der Waals surface area contributed by atoms with Crippen molar-refractivity contribution in [2.24, 2.45) is 0 Å². The van der Waals surface area contributed by atoms with Gasteiger partial charge in [0.15, 0.2) is 11.6 Å². The maximum atomic E-state index is 13.3. The second-order valence-corrected chi connectivity index (χ2v) is 5.93. The van der Waals surface area contributed by atoms with Gasteiger partial charge in [0.1, 0.15) is 18.2 Å². The largest absolute Gasteiger partial charge is 0.519 e. The third kappa shape index (κ3) is 6.41. The SMILES string of the molecule is C[C@@H](Nc1cc(-c2ccc(F)c(F)c2)ncn1)C(=O)N1CCC1.OC(F)(F)F. The number of rotatable bonds is 4. The number of anilines is 1. The minimum absolute atomic E-state index is 0.0178. The molecule has 1 aromatic heterocycles. The van der Waals surface area contributed by atoms with Gasteiger partial charge in [0, 0.05) is 24.7 Å². The third-order valence-electron chi connectivity index (χ3n) is 3.78. The van der Waals surface area contributed by atoms with Gasteiger partial charge < -0.3 is 15.3 Å². The monoisotopic (exact) mass is 404 g/mol. The molecule has 0 bridgehead atoms. The van der Waals surface area contributed by atoms with Crippen molar-refractivity contribution in [1.82, 2.24) is 14.9 Å². The average molecular weight is 404 g/mol. The molecule has 11 heteroatoms. The molecule has 2 aromatic rings. The van der Waals surface area contributed by atoms with Crippen molar-refractivity contribution < 1.29 is 31.9 Å². The van der Waals surface area contributed by atoms with Crippen molar-refractivity contribution in [3.8, 4) is 11.3 Å². The number of aromatic nitrogens is 2. The molecule has 0 spiro atoms. The number of carbonyl (C=O) groups excluding carboxylic acids is 1. The van der Waals surface area contributed by atoms with Gasteiger partial charge in [0.05, 0.1) is 5.69 Å². The van der Waals surface area contributed by atoms with Crippen LogP contribution in [0.4, 0.5) is 27.8 Å². The normalized spacial score (nSPS) is 14.5. The number of hydrogen-bond donors (Lipinski definition) is 2. The van der Waals surface area contributed by atoms with Crippen LogP contribution in [0.2, 0.25) is 0 Å². The highest BCUT2D eigenvalue weighted by atomic mass is 19.4. The molecule has 1 aliphatic rings. The van der Waals surface area contributed by atoms with Crippen molar-refractivity contribution in [1.29, 1.82) is 0 Å². The molecule has 1 atom stereocenters. The van der Waals surface area contributed by atoms with E-state index in [1.807, 2.05) is 0 Å². The Morgan fingerprint density at radius 2 is 1.82 bits per heavy atom. The number of likely N-dealkylation sites (tertiary alicyclic amines) is 1. The molecule has 1 amide bonds. The van der Waals surface area contributed by atoms with E-state index in [9.17, 15) is 26.7 Å². The molecule has 28 heavy (non-hydrogen) atoms. The average Bonchev–Trinajstić information content (AvgIpc) is 2.54. The predicted molar refractivity (Wildman–Crippen MR) is 89.9 cm³/mol. The molecule has 0 saturated carbocycles. The topological polar surface area (TPSA) is 78.4 Å². The van der Waals surface area contributed by atoms with E-state index >= 15 is 0 Å². The molecular weight excluding hydrogens is 387 g/mol. The summed E-state index contributed by atoms with van der Waals surface area (Å²) in [6.07, 6.45) is -2.65. The van der Waals surface area contributed by atoms with Gasteiger partial charge in [-0.2, -0.15) is 0 Å². The molecule has 0 radical (unpaired) electrons. The summed E-state index contributed by atoms with van der Waals surface area (Å²) in [6.45, 7) is 3.34. The summed E-state index contributed by atoms with van der Waals surface area (Å²) in [7, 11) is 0. The number of alkyl halides is 3. The molecule has 2 N–H and O–H groups in total. The maximum Gasteiger partial charge on any atom is 0.519 e.